The van der Waals surface area contributed by atoms with E-state index in [1.54, 1.807) is 6.26 Å². The largest absolute Gasteiger partial charge is 0.486 e. The molecule has 0 bridgehead atoms. The fraction of sp³-hybridized carbons (Fsp3) is 0.450. The normalized spacial score (nSPS) is 27.4. The second-order valence-corrected chi connectivity index (χ2v) is 7.03. The fourth-order valence-corrected chi connectivity index (χ4v) is 4.21. The van der Waals surface area contributed by atoms with Crippen molar-refractivity contribution in [2.45, 2.75) is 31.2 Å². The molecule has 0 spiro atoms. The zero-order chi connectivity index (χ0) is 16.8. The van der Waals surface area contributed by atoms with Gasteiger partial charge in [0.1, 0.15) is 19.0 Å². The van der Waals surface area contributed by atoms with Crippen LogP contribution in [0.5, 0.6) is 11.5 Å². The molecule has 0 N–H and O–H groups in total. The van der Waals surface area contributed by atoms with E-state index in [1.807, 2.05) is 29.2 Å². The molecule has 0 unspecified atom stereocenters. The van der Waals surface area contributed by atoms with Crippen molar-refractivity contribution in [3.63, 3.8) is 0 Å². The first-order valence-corrected chi connectivity index (χ1v) is 9.05. The number of benzene rings is 1. The first-order valence-electron chi connectivity index (χ1n) is 9.05. The van der Waals surface area contributed by atoms with Gasteiger partial charge >= 0.3 is 0 Å². The highest BCUT2D eigenvalue weighted by Gasteiger charge is 2.49. The van der Waals surface area contributed by atoms with Gasteiger partial charge in [-0.15, -0.1) is 0 Å². The summed E-state index contributed by atoms with van der Waals surface area (Å²) < 4.78 is 17.1. The van der Waals surface area contributed by atoms with Gasteiger partial charge in [-0.25, -0.2) is 0 Å². The predicted molar refractivity (Wildman–Crippen MR) is 90.7 cm³/mol. The van der Waals surface area contributed by atoms with Gasteiger partial charge < -0.3 is 18.8 Å². The van der Waals surface area contributed by atoms with Gasteiger partial charge in [0.15, 0.2) is 11.5 Å². The van der Waals surface area contributed by atoms with E-state index in [4.69, 9.17) is 13.9 Å². The Balaban J connectivity index is 1.39. The highest BCUT2D eigenvalue weighted by molar-refractivity contribution is 5.83. The van der Waals surface area contributed by atoms with Crippen LogP contribution in [0.25, 0.3) is 0 Å². The zero-order valence-electron chi connectivity index (χ0n) is 14.0. The highest BCUT2D eigenvalue weighted by Crippen LogP contribution is 2.51. The average Bonchev–Trinajstić information content (AvgIpc) is 3.07. The minimum Gasteiger partial charge on any atom is -0.486 e. The Morgan fingerprint density at radius 1 is 1.12 bits per heavy atom. The lowest BCUT2D eigenvalue weighted by atomic mass is 10.0. The van der Waals surface area contributed by atoms with Crippen LogP contribution < -0.4 is 9.47 Å². The first-order chi connectivity index (χ1) is 12.3. The number of amides is 1. The van der Waals surface area contributed by atoms with Crippen LogP contribution >= 0.6 is 0 Å². The van der Waals surface area contributed by atoms with Crippen molar-refractivity contribution in [3.8, 4) is 11.5 Å². The molecule has 1 saturated heterocycles. The number of carbonyl (C=O) groups is 1. The molecule has 0 radical (unpaired) electrons. The standard InChI is InChI=1S/C20H21NO4/c22-20(15-12-14(15)17-7-3-9-23-17)21-8-2-5-16(21)13-4-1-6-18-19(13)25-11-10-24-18/h1,3-4,6-7,9,14-16H,2,5,8,10-12H2/t14-,15-,16-/m0/s1. The van der Waals surface area contributed by atoms with E-state index >= 15 is 0 Å². The summed E-state index contributed by atoms with van der Waals surface area (Å²) in [5, 5.41) is 0. The van der Waals surface area contributed by atoms with E-state index in [1.165, 1.54) is 0 Å². The Bertz CT molecular complexity index is 785. The minimum atomic E-state index is 0.0588. The second-order valence-electron chi connectivity index (χ2n) is 7.03. The smallest absolute Gasteiger partial charge is 0.226 e. The third-order valence-electron chi connectivity index (χ3n) is 5.51. The number of hydrogen-bond acceptors (Lipinski definition) is 4. The molecule has 2 fully saturated rings. The Morgan fingerprint density at radius 3 is 2.92 bits per heavy atom. The number of likely N-dealkylation sites (tertiary alicyclic amines) is 1. The van der Waals surface area contributed by atoms with E-state index < -0.39 is 0 Å². The third-order valence-corrected chi connectivity index (χ3v) is 5.51. The lowest BCUT2D eigenvalue weighted by molar-refractivity contribution is -0.133. The van der Waals surface area contributed by atoms with Crippen LogP contribution in [0.15, 0.2) is 41.0 Å². The average molecular weight is 339 g/mol. The molecule has 1 saturated carbocycles. The van der Waals surface area contributed by atoms with E-state index in [9.17, 15) is 4.79 Å². The van der Waals surface area contributed by atoms with Crippen LogP contribution in [-0.2, 0) is 4.79 Å². The van der Waals surface area contributed by atoms with Gasteiger partial charge in [-0.05, 0) is 37.5 Å². The van der Waals surface area contributed by atoms with Gasteiger partial charge in [0.05, 0.1) is 12.3 Å². The zero-order valence-corrected chi connectivity index (χ0v) is 14.0. The Labute approximate surface area is 146 Å². The number of carbonyl (C=O) groups excluding carboxylic acids is 1. The molecule has 2 aliphatic heterocycles. The van der Waals surface area contributed by atoms with Crippen molar-refractivity contribution < 1.29 is 18.7 Å². The predicted octanol–water partition coefficient (Wildman–Crippen LogP) is 3.52. The maximum atomic E-state index is 13.1. The minimum absolute atomic E-state index is 0.0588. The van der Waals surface area contributed by atoms with Crippen LogP contribution in [0.3, 0.4) is 0 Å². The summed E-state index contributed by atoms with van der Waals surface area (Å²) in [6.45, 7) is 1.96. The van der Waals surface area contributed by atoms with Crippen LogP contribution in [-0.4, -0.2) is 30.6 Å². The van der Waals surface area contributed by atoms with Crippen molar-refractivity contribution in [1.82, 2.24) is 4.90 Å². The summed E-state index contributed by atoms with van der Waals surface area (Å²) in [6.07, 6.45) is 4.58. The molecule has 5 nitrogen and oxygen atoms in total. The summed E-state index contributed by atoms with van der Waals surface area (Å²) in [5.74, 6) is 3.09. The van der Waals surface area contributed by atoms with E-state index in [-0.39, 0.29) is 23.8 Å². The summed E-state index contributed by atoms with van der Waals surface area (Å²) in [4.78, 5) is 15.1. The summed E-state index contributed by atoms with van der Waals surface area (Å²) in [6, 6.07) is 9.95. The van der Waals surface area contributed by atoms with Gasteiger partial charge in [0.25, 0.3) is 0 Å². The highest BCUT2D eigenvalue weighted by atomic mass is 16.6. The number of fused-ring (bicyclic) bond motifs is 1. The van der Waals surface area contributed by atoms with Gasteiger partial charge in [-0.3, -0.25) is 4.79 Å². The molecule has 1 amide bonds. The molecule has 3 aliphatic rings. The number of furan rings is 1. The lowest BCUT2D eigenvalue weighted by Crippen LogP contribution is -2.32. The molecule has 1 aliphatic carbocycles. The molecule has 1 aromatic heterocycles. The van der Waals surface area contributed by atoms with Crippen molar-refractivity contribution in [2.75, 3.05) is 19.8 Å². The number of nitrogens with zero attached hydrogens (tertiary/aromatic N) is 1. The quantitative estimate of drug-likeness (QED) is 0.858. The maximum absolute atomic E-state index is 13.1. The second kappa shape index (κ2) is 5.83. The van der Waals surface area contributed by atoms with Gasteiger partial charge in [0.2, 0.25) is 5.91 Å². The van der Waals surface area contributed by atoms with Crippen LogP contribution in [0.4, 0.5) is 0 Å². The van der Waals surface area contributed by atoms with Gasteiger partial charge in [-0.1, -0.05) is 12.1 Å². The summed E-state index contributed by atoms with van der Waals surface area (Å²) >= 11 is 0. The molecule has 25 heavy (non-hydrogen) atoms. The Kier molecular flexibility index (Phi) is 3.47. The van der Waals surface area contributed by atoms with E-state index in [0.29, 0.717) is 13.2 Å². The summed E-state index contributed by atoms with van der Waals surface area (Å²) in [5.41, 5.74) is 1.08. The molecular weight excluding hydrogens is 318 g/mol. The topological polar surface area (TPSA) is 51.9 Å². The number of hydrogen-bond donors (Lipinski definition) is 0. The van der Waals surface area contributed by atoms with Crippen LogP contribution in [0.2, 0.25) is 0 Å². The lowest BCUT2D eigenvalue weighted by Gasteiger charge is -2.29. The van der Waals surface area contributed by atoms with Crippen molar-refractivity contribution in [1.29, 1.82) is 0 Å². The van der Waals surface area contributed by atoms with Gasteiger partial charge in [-0.2, -0.15) is 0 Å². The SMILES string of the molecule is O=C([C@H]1C[C@@H]1c1ccco1)N1CCC[C@H]1c1cccc2c1OCCO2. The van der Waals surface area contributed by atoms with Crippen LogP contribution in [0, 0.1) is 5.92 Å². The Morgan fingerprint density at radius 2 is 2.04 bits per heavy atom. The van der Waals surface area contributed by atoms with E-state index in [2.05, 4.69) is 6.07 Å². The molecule has 3 heterocycles. The molecule has 5 rings (SSSR count). The third kappa shape index (κ3) is 2.49. The molecular formula is C20H21NO4. The van der Waals surface area contributed by atoms with Gasteiger partial charge in [0, 0.05) is 23.9 Å². The molecule has 5 heteroatoms. The number of para-hydroxylation sites is 1. The molecule has 130 valence electrons. The fourth-order valence-electron chi connectivity index (χ4n) is 4.21. The molecule has 2 aromatic rings. The Hall–Kier alpha value is -2.43. The molecule has 1 aromatic carbocycles. The molecule has 3 atom stereocenters. The number of ether oxygens (including phenoxy) is 2. The first kappa shape index (κ1) is 14.9. The van der Waals surface area contributed by atoms with Crippen molar-refractivity contribution in [2.24, 2.45) is 5.92 Å². The van der Waals surface area contributed by atoms with Crippen molar-refractivity contribution >= 4 is 5.91 Å². The monoisotopic (exact) mass is 339 g/mol. The van der Waals surface area contributed by atoms with Crippen molar-refractivity contribution in [3.05, 3.63) is 47.9 Å². The van der Waals surface area contributed by atoms with Crippen LogP contribution in [0.1, 0.15) is 42.5 Å². The maximum Gasteiger partial charge on any atom is 0.226 e. The summed E-state index contributed by atoms with van der Waals surface area (Å²) in [7, 11) is 0. The van der Waals surface area contributed by atoms with E-state index in [0.717, 1.165) is 48.6 Å². The number of rotatable bonds is 3.